The second-order valence-corrected chi connectivity index (χ2v) is 5.32. The first-order valence-corrected chi connectivity index (χ1v) is 7.63. The van der Waals surface area contributed by atoms with Crippen molar-refractivity contribution in [2.45, 2.75) is 6.42 Å². The van der Waals surface area contributed by atoms with Gasteiger partial charge >= 0.3 is 0 Å². The Morgan fingerprint density at radius 2 is 2.00 bits per heavy atom. The number of rotatable bonds is 5. The van der Waals surface area contributed by atoms with Crippen LogP contribution in [0.5, 0.6) is 0 Å². The summed E-state index contributed by atoms with van der Waals surface area (Å²) < 4.78 is 1.80. The lowest BCUT2D eigenvalue weighted by atomic mass is 10.1. The predicted molar refractivity (Wildman–Crippen MR) is 90.8 cm³/mol. The van der Waals surface area contributed by atoms with Crippen LogP contribution in [0, 0.1) is 11.3 Å². The van der Waals surface area contributed by atoms with Gasteiger partial charge in [-0.2, -0.15) is 10.4 Å². The zero-order valence-electron chi connectivity index (χ0n) is 13.0. The van der Waals surface area contributed by atoms with E-state index in [2.05, 4.69) is 10.4 Å². The molecule has 0 radical (unpaired) electrons. The highest BCUT2D eigenvalue weighted by atomic mass is 16.1. The highest BCUT2D eigenvalue weighted by Crippen LogP contribution is 2.09. The Labute approximate surface area is 140 Å². The quantitative estimate of drug-likeness (QED) is 0.787. The van der Waals surface area contributed by atoms with E-state index in [0.29, 0.717) is 17.7 Å². The molecular formula is C19H16N4O. The molecule has 2 aromatic carbocycles. The molecular weight excluding hydrogens is 300 g/mol. The van der Waals surface area contributed by atoms with E-state index in [1.54, 1.807) is 35.1 Å². The van der Waals surface area contributed by atoms with Gasteiger partial charge in [0.05, 0.1) is 17.3 Å². The first-order chi connectivity index (χ1) is 11.8. The molecule has 3 rings (SSSR count). The van der Waals surface area contributed by atoms with Crippen LogP contribution in [0.1, 0.15) is 21.5 Å². The van der Waals surface area contributed by atoms with Gasteiger partial charge in [0.1, 0.15) is 0 Å². The summed E-state index contributed by atoms with van der Waals surface area (Å²) in [6.07, 6.45) is 4.37. The lowest BCUT2D eigenvalue weighted by molar-refractivity contribution is 0.0954. The summed E-state index contributed by atoms with van der Waals surface area (Å²) in [5.74, 6) is -0.166. The van der Waals surface area contributed by atoms with Crippen molar-refractivity contribution in [2.75, 3.05) is 6.54 Å². The smallest absolute Gasteiger partial charge is 0.251 e. The Bertz CT molecular complexity index is 861. The molecule has 1 amide bonds. The average molecular weight is 316 g/mol. The van der Waals surface area contributed by atoms with E-state index >= 15 is 0 Å². The second kappa shape index (κ2) is 7.25. The molecule has 1 heterocycles. The summed E-state index contributed by atoms with van der Waals surface area (Å²) in [4.78, 5) is 12.1. The van der Waals surface area contributed by atoms with Crippen LogP contribution in [0.25, 0.3) is 5.69 Å². The van der Waals surface area contributed by atoms with Crippen LogP contribution in [0.2, 0.25) is 0 Å². The molecule has 1 N–H and O–H groups in total. The van der Waals surface area contributed by atoms with Crippen molar-refractivity contribution in [1.82, 2.24) is 15.1 Å². The van der Waals surface area contributed by atoms with Gasteiger partial charge in [-0.1, -0.05) is 18.2 Å². The fraction of sp³-hybridized carbons (Fsp3) is 0.105. The monoisotopic (exact) mass is 316 g/mol. The molecule has 0 fully saturated rings. The molecule has 0 aliphatic rings. The topological polar surface area (TPSA) is 70.7 Å². The first kappa shape index (κ1) is 15.5. The number of hydrogen-bond donors (Lipinski definition) is 1. The third kappa shape index (κ3) is 3.68. The molecule has 3 aromatic rings. The van der Waals surface area contributed by atoms with Gasteiger partial charge in [-0.25, -0.2) is 4.68 Å². The van der Waals surface area contributed by atoms with Crippen molar-refractivity contribution in [3.05, 3.63) is 83.7 Å². The highest BCUT2D eigenvalue weighted by molar-refractivity contribution is 5.94. The van der Waals surface area contributed by atoms with Crippen molar-refractivity contribution in [3.63, 3.8) is 0 Å². The zero-order valence-corrected chi connectivity index (χ0v) is 13.0. The molecule has 0 atom stereocenters. The SMILES string of the molecule is N#Cc1cccc(C(=O)NCCc2ccc(-n3cccn3)cc2)c1. The standard InChI is InChI=1S/C19H16N4O/c20-14-16-3-1-4-17(13-16)19(24)21-11-9-15-5-7-18(8-6-15)23-12-2-10-22-23/h1-8,10,12-13H,9,11H2,(H,21,24). The molecule has 0 aliphatic heterocycles. The van der Waals surface area contributed by atoms with Gasteiger partial charge in [0.25, 0.3) is 5.91 Å². The van der Waals surface area contributed by atoms with Gasteiger partial charge in [0.15, 0.2) is 0 Å². The van der Waals surface area contributed by atoms with E-state index in [9.17, 15) is 4.79 Å². The van der Waals surface area contributed by atoms with E-state index in [0.717, 1.165) is 17.7 Å². The highest BCUT2D eigenvalue weighted by Gasteiger charge is 2.05. The summed E-state index contributed by atoms with van der Waals surface area (Å²) in [6.45, 7) is 0.538. The van der Waals surface area contributed by atoms with Crippen LogP contribution in [0.15, 0.2) is 67.0 Å². The van der Waals surface area contributed by atoms with Crippen LogP contribution in [-0.2, 0) is 6.42 Å². The lowest BCUT2D eigenvalue weighted by Gasteiger charge is -2.07. The second-order valence-electron chi connectivity index (χ2n) is 5.32. The van der Waals surface area contributed by atoms with Gasteiger partial charge in [-0.05, 0) is 48.4 Å². The number of carbonyl (C=O) groups excluding carboxylic acids is 1. The van der Waals surface area contributed by atoms with E-state index in [1.165, 1.54) is 0 Å². The van der Waals surface area contributed by atoms with E-state index in [1.807, 2.05) is 42.6 Å². The molecule has 0 unspecified atom stereocenters. The van der Waals surface area contributed by atoms with Gasteiger partial charge in [0.2, 0.25) is 0 Å². The van der Waals surface area contributed by atoms with Gasteiger partial charge in [0, 0.05) is 24.5 Å². The summed E-state index contributed by atoms with van der Waals surface area (Å²) >= 11 is 0. The van der Waals surface area contributed by atoms with Gasteiger partial charge < -0.3 is 5.32 Å². The Kier molecular flexibility index (Phi) is 4.68. The number of nitriles is 1. The van der Waals surface area contributed by atoms with E-state index in [4.69, 9.17) is 5.26 Å². The third-order valence-corrected chi connectivity index (χ3v) is 3.66. The summed E-state index contributed by atoms with van der Waals surface area (Å²) in [5.41, 5.74) is 3.12. The number of aromatic nitrogens is 2. The molecule has 0 bridgehead atoms. The van der Waals surface area contributed by atoms with E-state index in [-0.39, 0.29) is 5.91 Å². The molecule has 5 nitrogen and oxygen atoms in total. The molecule has 24 heavy (non-hydrogen) atoms. The maximum absolute atomic E-state index is 12.1. The van der Waals surface area contributed by atoms with Crippen molar-refractivity contribution >= 4 is 5.91 Å². The van der Waals surface area contributed by atoms with Gasteiger partial charge in [-0.15, -0.1) is 0 Å². The number of hydrogen-bond acceptors (Lipinski definition) is 3. The molecule has 0 saturated carbocycles. The zero-order chi connectivity index (χ0) is 16.8. The summed E-state index contributed by atoms with van der Waals surface area (Å²) in [6, 6.07) is 18.7. The van der Waals surface area contributed by atoms with Crippen LogP contribution in [0.4, 0.5) is 0 Å². The number of amides is 1. The lowest BCUT2D eigenvalue weighted by Crippen LogP contribution is -2.25. The maximum Gasteiger partial charge on any atom is 0.251 e. The largest absolute Gasteiger partial charge is 0.352 e. The Morgan fingerprint density at radius 3 is 2.71 bits per heavy atom. The van der Waals surface area contributed by atoms with Crippen molar-refractivity contribution in [1.29, 1.82) is 5.26 Å². The van der Waals surface area contributed by atoms with Crippen molar-refractivity contribution in [3.8, 4) is 11.8 Å². The molecule has 5 heteroatoms. The summed E-state index contributed by atoms with van der Waals surface area (Å²) in [7, 11) is 0. The molecule has 0 aliphatic carbocycles. The normalized spacial score (nSPS) is 10.1. The minimum absolute atomic E-state index is 0.166. The number of carbonyl (C=O) groups is 1. The molecule has 0 spiro atoms. The van der Waals surface area contributed by atoms with Gasteiger partial charge in [-0.3, -0.25) is 4.79 Å². The Morgan fingerprint density at radius 1 is 1.17 bits per heavy atom. The average Bonchev–Trinajstić information content (AvgIpc) is 3.17. The molecule has 0 saturated heterocycles. The first-order valence-electron chi connectivity index (χ1n) is 7.63. The predicted octanol–water partition coefficient (Wildman–Crippen LogP) is 2.72. The number of nitrogens with one attached hydrogen (secondary N) is 1. The molecule has 118 valence electrons. The molecule has 1 aromatic heterocycles. The van der Waals surface area contributed by atoms with Crippen LogP contribution < -0.4 is 5.32 Å². The fourth-order valence-corrected chi connectivity index (χ4v) is 2.39. The fourth-order valence-electron chi connectivity index (χ4n) is 2.39. The minimum Gasteiger partial charge on any atom is -0.352 e. The van der Waals surface area contributed by atoms with Crippen LogP contribution in [-0.4, -0.2) is 22.2 Å². The third-order valence-electron chi connectivity index (χ3n) is 3.66. The van der Waals surface area contributed by atoms with E-state index < -0.39 is 0 Å². The maximum atomic E-state index is 12.1. The van der Waals surface area contributed by atoms with Crippen LogP contribution in [0.3, 0.4) is 0 Å². The van der Waals surface area contributed by atoms with Crippen molar-refractivity contribution in [2.24, 2.45) is 0 Å². The number of nitrogens with zero attached hydrogens (tertiary/aromatic N) is 3. The minimum atomic E-state index is -0.166. The number of benzene rings is 2. The van der Waals surface area contributed by atoms with Crippen molar-refractivity contribution < 1.29 is 4.79 Å². The summed E-state index contributed by atoms with van der Waals surface area (Å²) in [5, 5.41) is 15.9. The Balaban J connectivity index is 1.54. The van der Waals surface area contributed by atoms with Crippen LogP contribution >= 0.6 is 0 Å². The Hall–Kier alpha value is -3.39.